The second-order valence-electron chi connectivity index (χ2n) is 5.46. The molecule has 2 aromatic rings. The summed E-state index contributed by atoms with van der Waals surface area (Å²) in [6.07, 6.45) is 1.52. The van der Waals surface area contributed by atoms with E-state index >= 15 is 0 Å². The highest BCUT2D eigenvalue weighted by Gasteiger charge is 2.09. The third-order valence-corrected chi connectivity index (χ3v) is 5.08. The van der Waals surface area contributed by atoms with E-state index in [4.69, 9.17) is 9.47 Å². The number of amides is 1. The summed E-state index contributed by atoms with van der Waals surface area (Å²) in [7, 11) is 1.57. The van der Waals surface area contributed by atoms with Crippen LogP contribution in [0.3, 0.4) is 0 Å². The van der Waals surface area contributed by atoms with Crippen LogP contribution >= 0.6 is 54.5 Å². The number of nitrogens with one attached hydrogen (secondary N) is 1. The van der Waals surface area contributed by atoms with Gasteiger partial charge in [-0.3, -0.25) is 4.79 Å². The van der Waals surface area contributed by atoms with E-state index in [0.717, 1.165) is 35.0 Å². The van der Waals surface area contributed by atoms with E-state index in [9.17, 15) is 4.79 Å². The molecule has 26 heavy (non-hydrogen) atoms. The normalized spacial score (nSPS) is 10.8. The molecule has 2 rings (SSSR count). The molecule has 138 valence electrons. The number of benzene rings is 2. The van der Waals surface area contributed by atoms with E-state index in [1.54, 1.807) is 7.11 Å². The summed E-state index contributed by atoms with van der Waals surface area (Å²) in [5.41, 5.74) is 5.17. The predicted octanol–water partition coefficient (Wildman–Crippen LogP) is 4.97. The van der Waals surface area contributed by atoms with Gasteiger partial charge in [0, 0.05) is 13.6 Å². The Morgan fingerprint density at radius 1 is 1.19 bits per heavy atom. The summed E-state index contributed by atoms with van der Waals surface area (Å²) in [5, 5.41) is 3.98. The van der Waals surface area contributed by atoms with Gasteiger partial charge in [0.05, 0.1) is 17.8 Å². The molecule has 0 aliphatic carbocycles. The average molecular weight is 596 g/mol. The Balaban J connectivity index is 1.99. The predicted molar refractivity (Wildman–Crippen MR) is 118 cm³/mol. The van der Waals surface area contributed by atoms with Crippen LogP contribution in [-0.4, -0.2) is 25.8 Å². The first kappa shape index (κ1) is 21.2. The van der Waals surface area contributed by atoms with Crippen molar-refractivity contribution in [2.45, 2.75) is 13.8 Å². The summed E-state index contributed by atoms with van der Waals surface area (Å²) in [6.45, 7) is 3.80. The van der Waals surface area contributed by atoms with Crippen LogP contribution in [0.15, 0.2) is 38.3 Å². The molecule has 0 bridgehead atoms. The lowest BCUT2D eigenvalue weighted by atomic mass is 10.1. The van der Waals surface area contributed by atoms with Gasteiger partial charge >= 0.3 is 0 Å². The van der Waals surface area contributed by atoms with Gasteiger partial charge in [0.15, 0.2) is 6.61 Å². The van der Waals surface area contributed by atoms with E-state index in [1.807, 2.05) is 38.1 Å². The van der Waals surface area contributed by atoms with Gasteiger partial charge in [0.2, 0.25) is 0 Å². The molecule has 2 aromatic carbocycles. The largest absolute Gasteiger partial charge is 0.495 e. The minimum absolute atomic E-state index is 0.112. The van der Waals surface area contributed by atoms with Gasteiger partial charge in [-0.05, 0) is 87.8 Å². The number of rotatable bonds is 6. The molecule has 0 radical (unpaired) electrons. The summed E-state index contributed by atoms with van der Waals surface area (Å²) in [4.78, 5) is 12.0. The number of hydrazone groups is 1. The Morgan fingerprint density at radius 3 is 2.46 bits per heavy atom. The number of halogens is 3. The maximum Gasteiger partial charge on any atom is 0.277 e. The monoisotopic (exact) mass is 594 g/mol. The van der Waals surface area contributed by atoms with Crippen molar-refractivity contribution < 1.29 is 14.3 Å². The Bertz CT molecular complexity index is 834. The van der Waals surface area contributed by atoms with Crippen molar-refractivity contribution in [1.82, 2.24) is 5.43 Å². The van der Waals surface area contributed by atoms with Crippen LogP contribution in [0.4, 0.5) is 0 Å². The molecule has 0 aliphatic heterocycles. The van der Waals surface area contributed by atoms with Gasteiger partial charge in [-0.15, -0.1) is 0 Å². The zero-order valence-electron chi connectivity index (χ0n) is 14.4. The topological polar surface area (TPSA) is 59.9 Å². The maximum absolute atomic E-state index is 12.0. The van der Waals surface area contributed by atoms with Crippen LogP contribution < -0.4 is 14.9 Å². The van der Waals surface area contributed by atoms with E-state index in [1.165, 1.54) is 6.21 Å². The molecule has 0 aromatic heterocycles. The fourth-order valence-electron chi connectivity index (χ4n) is 2.36. The molecule has 5 nitrogen and oxygen atoms in total. The molecule has 0 atom stereocenters. The van der Waals surface area contributed by atoms with Gasteiger partial charge in [-0.25, -0.2) is 5.43 Å². The fourth-order valence-corrected chi connectivity index (χ4v) is 4.71. The SMILES string of the molecule is COc1c(Br)cc(Br)cc1/C=N\NC(=O)COc1c(C)cc(I)cc1C. The van der Waals surface area contributed by atoms with Crippen molar-refractivity contribution >= 4 is 66.6 Å². The number of hydrogen-bond acceptors (Lipinski definition) is 4. The van der Waals surface area contributed by atoms with Crippen LogP contribution in [-0.2, 0) is 4.79 Å². The number of methoxy groups -OCH3 is 1. The van der Waals surface area contributed by atoms with Gasteiger partial charge in [0.25, 0.3) is 5.91 Å². The number of hydrogen-bond donors (Lipinski definition) is 1. The molecule has 0 aliphatic rings. The van der Waals surface area contributed by atoms with Crippen molar-refractivity contribution in [3.05, 3.63) is 53.5 Å². The van der Waals surface area contributed by atoms with Crippen molar-refractivity contribution in [1.29, 1.82) is 0 Å². The molecule has 0 fully saturated rings. The fraction of sp³-hybridized carbons (Fsp3) is 0.222. The first-order valence-corrected chi connectivity index (χ1v) is 10.2. The lowest BCUT2D eigenvalue weighted by Gasteiger charge is -2.12. The number of carbonyl (C=O) groups is 1. The van der Waals surface area contributed by atoms with E-state index in [0.29, 0.717) is 5.75 Å². The lowest BCUT2D eigenvalue weighted by Crippen LogP contribution is -2.25. The van der Waals surface area contributed by atoms with Crippen LogP contribution in [0.1, 0.15) is 16.7 Å². The Kier molecular flexibility index (Phi) is 7.90. The number of nitrogens with zero attached hydrogens (tertiary/aromatic N) is 1. The Morgan fingerprint density at radius 2 is 1.85 bits per heavy atom. The van der Waals surface area contributed by atoms with Gasteiger partial charge < -0.3 is 9.47 Å². The second kappa shape index (κ2) is 9.70. The standard InChI is InChI=1S/C18H17Br2IN2O3/c1-10-4-14(21)5-11(2)17(10)26-9-16(24)23-22-8-12-6-13(19)7-15(20)18(12)25-3/h4-8H,9H2,1-3H3,(H,23,24)/b22-8-. The smallest absolute Gasteiger partial charge is 0.277 e. The van der Waals surface area contributed by atoms with Crippen LogP contribution in [0.5, 0.6) is 11.5 Å². The minimum Gasteiger partial charge on any atom is -0.495 e. The molecule has 0 spiro atoms. The summed E-state index contributed by atoms with van der Waals surface area (Å²) >= 11 is 9.09. The zero-order valence-corrected chi connectivity index (χ0v) is 19.7. The average Bonchev–Trinajstić information content (AvgIpc) is 2.53. The van der Waals surface area contributed by atoms with Gasteiger partial charge in [-0.2, -0.15) is 5.10 Å². The van der Waals surface area contributed by atoms with E-state index < -0.39 is 0 Å². The Hall–Kier alpha value is -1.13. The minimum atomic E-state index is -0.341. The molecular formula is C18H17Br2IN2O3. The molecule has 8 heteroatoms. The second-order valence-corrected chi connectivity index (χ2v) is 8.48. The van der Waals surface area contributed by atoms with Gasteiger partial charge in [-0.1, -0.05) is 15.9 Å². The van der Waals surface area contributed by atoms with Crippen LogP contribution in [0, 0.1) is 17.4 Å². The van der Waals surface area contributed by atoms with Crippen molar-refractivity contribution in [3.63, 3.8) is 0 Å². The third kappa shape index (κ3) is 5.68. The molecule has 1 amide bonds. The molecular weight excluding hydrogens is 579 g/mol. The van der Waals surface area contributed by atoms with E-state index in [-0.39, 0.29) is 12.5 Å². The quantitative estimate of drug-likeness (QED) is 0.291. The molecule has 1 N–H and O–H groups in total. The summed E-state index contributed by atoms with van der Waals surface area (Å²) in [6, 6.07) is 7.73. The maximum atomic E-state index is 12.0. The Labute approximate surface area is 182 Å². The van der Waals surface area contributed by atoms with Crippen LogP contribution in [0.25, 0.3) is 0 Å². The summed E-state index contributed by atoms with van der Waals surface area (Å²) in [5.74, 6) is 1.02. The third-order valence-electron chi connectivity index (χ3n) is 3.41. The molecule has 0 saturated carbocycles. The van der Waals surface area contributed by atoms with E-state index in [2.05, 4.69) is 65.0 Å². The lowest BCUT2D eigenvalue weighted by molar-refractivity contribution is -0.123. The first-order chi connectivity index (χ1) is 12.3. The highest BCUT2D eigenvalue weighted by molar-refractivity contribution is 14.1. The molecule has 0 heterocycles. The molecule has 0 saturated heterocycles. The van der Waals surface area contributed by atoms with Crippen LogP contribution in [0.2, 0.25) is 0 Å². The van der Waals surface area contributed by atoms with Crippen molar-refractivity contribution in [3.8, 4) is 11.5 Å². The first-order valence-electron chi connectivity index (χ1n) is 7.56. The number of aryl methyl sites for hydroxylation is 2. The van der Waals surface area contributed by atoms with Crippen molar-refractivity contribution in [2.24, 2.45) is 5.10 Å². The summed E-state index contributed by atoms with van der Waals surface area (Å²) < 4.78 is 13.8. The van der Waals surface area contributed by atoms with Crippen molar-refractivity contribution in [2.75, 3.05) is 13.7 Å². The highest BCUT2D eigenvalue weighted by atomic mass is 127. The molecule has 0 unspecified atom stereocenters. The number of carbonyl (C=O) groups excluding carboxylic acids is 1. The zero-order chi connectivity index (χ0) is 19.3. The van der Waals surface area contributed by atoms with Gasteiger partial charge in [0.1, 0.15) is 11.5 Å². The number of ether oxygens (including phenoxy) is 2. The highest BCUT2D eigenvalue weighted by Crippen LogP contribution is 2.31.